The number of benzene rings is 2. The third kappa shape index (κ3) is 4.64. The summed E-state index contributed by atoms with van der Waals surface area (Å²) < 4.78 is 5.81. The third-order valence-corrected chi connectivity index (χ3v) is 3.02. The van der Waals surface area contributed by atoms with Crippen molar-refractivity contribution >= 4 is 11.6 Å². The Labute approximate surface area is 125 Å². The first kappa shape index (κ1) is 14.5. The molecule has 0 fully saturated rings. The molecular weight excluding hydrogens is 268 g/mol. The lowest BCUT2D eigenvalue weighted by Crippen LogP contribution is -2.00. The average Bonchev–Trinajstić information content (AvgIpc) is 2.51. The van der Waals surface area contributed by atoms with Gasteiger partial charge in [-0.2, -0.15) is 0 Å². The van der Waals surface area contributed by atoms with Crippen LogP contribution in [0.5, 0.6) is 5.75 Å². The van der Waals surface area contributed by atoms with Crippen LogP contribution in [0.1, 0.15) is 17.5 Å². The molecule has 0 N–H and O–H groups in total. The molecule has 1 nitrogen and oxygen atoms in total. The summed E-state index contributed by atoms with van der Waals surface area (Å²) in [6.07, 6.45) is 2.01. The van der Waals surface area contributed by atoms with E-state index in [4.69, 9.17) is 16.3 Å². The smallest absolute Gasteiger partial charge is 0.134 e. The second-order valence-corrected chi connectivity index (χ2v) is 4.64. The summed E-state index contributed by atoms with van der Waals surface area (Å²) in [7, 11) is 0. The lowest BCUT2D eigenvalue weighted by molar-refractivity contribution is 0.310. The summed E-state index contributed by atoms with van der Waals surface area (Å²) in [5.41, 5.74) is 2.24. The molecule has 20 heavy (non-hydrogen) atoms. The van der Waals surface area contributed by atoms with E-state index in [-0.39, 0.29) is 0 Å². The molecular formula is C18H17ClO. The predicted octanol–water partition coefficient (Wildman–Crippen LogP) is 4.29. The fraction of sp³-hybridized carbons (Fsp3) is 0.222. The minimum absolute atomic E-state index is 0.336. The molecule has 2 heteroatoms. The highest BCUT2D eigenvalue weighted by molar-refractivity contribution is 6.19. The molecule has 0 saturated heterocycles. The van der Waals surface area contributed by atoms with E-state index in [1.165, 1.54) is 5.56 Å². The standard InChI is InChI=1S/C18H17ClO/c19-14-6-12-17-11-4-5-13-18(17)20-15-7-10-16-8-2-1-3-9-16/h1-5,8-9,11,13H,7,10,14-15H2. The van der Waals surface area contributed by atoms with E-state index in [1.807, 2.05) is 30.3 Å². The van der Waals surface area contributed by atoms with Crippen molar-refractivity contribution < 1.29 is 4.74 Å². The fourth-order valence-electron chi connectivity index (χ4n) is 1.93. The highest BCUT2D eigenvalue weighted by Gasteiger charge is 2.00. The lowest BCUT2D eigenvalue weighted by atomic mass is 10.1. The van der Waals surface area contributed by atoms with E-state index in [2.05, 4.69) is 36.1 Å². The molecule has 0 spiro atoms. The molecule has 0 radical (unpaired) electrons. The van der Waals surface area contributed by atoms with Gasteiger partial charge in [0, 0.05) is 0 Å². The number of ether oxygens (including phenoxy) is 1. The summed E-state index contributed by atoms with van der Waals surface area (Å²) >= 11 is 5.58. The first-order valence-corrected chi connectivity index (χ1v) is 7.24. The molecule has 102 valence electrons. The first-order valence-electron chi connectivity index (χ1n) is 6.71. The Hall–Kier alpha value is -1.91. The van der Waals surface area contributed by atoms with Crippen LogP contribution < -0.4 is 4.74 Å². The van der Waals surface area contributed by atoms with Crippen LogP contribution in [0.4, 0.5) is 0 Å². The van der Waals surface area contributed by atoms with Crippen LogP contribution in [-0.4, -0.2) is 12.5 Å². The van der Waals surface area contributed by atoms with Crippen molar-refractivity contribution in [2.75, 3.05) is 12.5 Å². The summed E-state index contributed by atoms with van der Waals surface area (Å²) in [6.45, 7) is 0.689. The molecule has 0 atom stereocenters. The molecule has 0 aliphatic rings. The van der Waals surface area contributed by atoms with Gasteiger partial charge in [-0.3, -0.25) is 0 Å². The number of rotatable bonds is 5. The maximum Gasteiger partial charge on any atom is 0.134 e. The van der Waals surface area contributed by atoms with E-state index >= 15 is 0 Å². The van der Waals surface area contributed by atoms with Crippen molar-refractivity contribution in [3.8, 4) is 17.6 Å². The van der Waals surface area contributed by atoms with Crippen LogP contribution in [0, 0.1) is 11.8 Å². The van der Waals surface area contributed by atoms with Crippen molar-refractivity contribution in [1.29, 1.82) is 0 Å². The summed E-state index contributed by atoms with van der Waals surface area (Å²) in [6, 6.07) is 18.2. The molecule has 2 aromatic rings. The topological polar surface area (TPSA) is 9.23 Å². The zero-order valence-electron chi connectivity index (χ0n) is 11.3. The van der Waals surface area contributed by atoms with Crippen LogP contribution in [0.25, 0.3) is 0 Å². The minimum atomic E-state index is 0.336. The summed E-state index contributed by atoms with van der Waals surface area (Å²) in [4.78, 5) is 0. The highest BCUT2D eigenvalue weighted by atomic mass is 35.5. The van der Waals surface area contributed by atoms with Crippen molar-refractivity contribution in [2.45, 2.75) is 12.8 Å². The van der Waals surface area contributed by atoms with Crippen molar-refractivity contribution in [1.82, 2.24) is 0 Å². The van der Waals surface area contributed by atoms with Gasteiger partial charge in [0.05, 0.1) is 18.1 Å². The van der Waals surface area contributed by atoms with E-state index in [0.29, 0.717) is 12.5 Å². The van der Waals surface area contributed by atoms with Gasteiger partial charge >= 0.3 is 0 Å². The van der Waals surface area contributed by atoms with Gasteiger partial charge in [0.15, 0.2) is 0 Å². The number of hydrogen-bond acceptors (Lipinski definition) is 1. The van der Waals surface area contributed by atoms with Crippen LogP contribution in [0.15, 0.2) is 54.6 Å². The van der Waals surface area contributed by atoms with Gasteiger partial charge in [0.25, 0.3) is 0 Å². The van der Waals surface area contributed by atoms with Gasteiger partial charge < -0.3 is 4.74 Å². The highest BCUT2D eigenvalue weighted by Crippen LogP contribution is 2.17. The maximum absolute atomic E-state index is 5.81. The predicted molar refractivity (Wildman–Crippen MR) is 84.3 cm³/mol. The molecule has 0 aromatic heterocycles. The number of para-hydroxylation sites is 1. The maximum atomic E-state index is 5.81. The third-order valence-electron chi connectivity index (χ3n) is 2.89. The quantitative estimate of drug-likeness (QED) is 0.452. The molecule has 0 saturated carbocycles. The van der Waals surface area contributed by atoms with Crippen molar-refractivity contribution in [3.05, 3.63) is 65.7 Å². The van der Waals surface area contributed by atoms with Crippen LogP contribution in [-0.2, 0) is 6.42 Å². The van der Waals surface area contributed by atoms with E-state index < -0.39 is 0 Å². The number of halogens is 1. The second-order valence-electron chi connectivity index (χ2n) is 4.37. The van der Waals surface area contributed by atoms with Gasteiger partial charge in [-0.15, -0.1) is 11.6 Å². The van der Waals surface area contributed by atoms with Gasteiger partial charge in [0.1, 0.15) is 5.75 Å². The van der Waals surface area contributed by atoms with E-state index in [0.717, 1.165) is 24.2 Å². The number of hydrogen-bond donors (Lipinski definition) is 0. The summed E-state index contributed by atoms with van der Waals surface area (Å²) in [5.74, 6) is 7.04. The Balaban J connectivity index is 1.85. The fourth-order valence-corrected chi connectivity index (χ4v) is 1.99. The van der Waals surface area contributed by atoms with Crippen molar-refractivity contribution in [3.63, 3.8) is 0 Å². The normalized spacial score (nSPS) is 9.65. The van der Waals surface area contributed by atoms with Gasteiger partial charge in [-0.1, -0.05) is 54.3 Å². The van der Waals surface area contributed by atoms with Gasteiger partial charge in [-0.25, -0.2) is 0 Å². The molecule has 0 aliphatic carbocycles. The molecule has 0 unspecified atom stereocenters. The van der Waals surface area contributed by atoms with Crippen molar-refractivity contribution in [2.24, 2.45) is 0 Å². The Morgan fingerprint density at radius 2 is 1.70 bits per heavy atom. The SMILES string of the molecule is ClCC#Cc1ccccc1OCCCc1ccccc1. The zero-order valence-corrected chi connectivity index (χ0v) is 12.1. The first-order chi connectivity index (χ1) is 9.90. The van der Waals surface area contributed by atoms with Crippen LogP contribution >= 0.6 is 11.6 Å². The van der Waals surface area contributed by atoms with E-state index in [1.54, 1.807) is 0 Å². The number of aryl methyl sites for hydroxylation is 1. The monoisotopic (exact) mass is 284 g/mol. The largest absolute Gasteiger partial charge is 0.492 e. The molecule has 0 bridgehead atoms. The van der Waals surface area contributed by atoms with Gasteiger partial charge in [0.2, 0.25) is 0 Å². The lowest BCUT2D eigenvalue weighted by Gasteiger charge is -2.08. The zero-order chi connectivity index (χ0) is 14.0. The number of alkyl halides is 1. The Kier molecular flexibility index (Phi) is 6.02. The average molecular weight is 285 g/mol. The van der Waals surface area contributed by atoms with Crippen LogP contribution in [0.2, 0.25) is 0 Å². The Morgan fingerprint density at radius 1 is 0.950 bits per heavy atom. The van der Waals surface area contributed by atoms with Gasteiger partial charge in [-0.05, 0) is 30.5 Å². The molecule has 2 aromatic carbocycles. The van der Waals surface area contributed by atoms with Crippen LogP contribution in [0.3, 0.4) is 0 Å². The Morgan fingerprint density at radius 3 is 2.50 bits per heavy atom. The minimum Gasteiger partial charge on any atom is -0.492 e. The van der Waals surface area contributed by atoms with E-state index in [9.17, 15) is 0 Å². The second kappa shape index (κ2) is 8.30. The molecule has 0 heterocycles. The molecule has 0 amide bonds. The summed E-state index contributed by atoms with van der Waals surface area (Å²) in [5, 5.41) is 0. The Bertz CT molecular complexity index is 581. The molecule has 2 rings (SSSR count). The molecule has 0 aliphatic heterocycles.